The van der Waals surface area contributed by atoms with Crippen LogP contribution < -0.4 is 15.5 Å². The number of rotatable bonds is 9. The molecular weight excluding hydrogens is 466 g/mol. The molecule has 0 bridgehead atoms. The van der Waals surface area contributed by atoms with Gasteiger partial charge in [0.25, 0.3) is 0 Å². The predicted molar refractivity (Wildman–Crippen MR) is 148 cm³/mol. The Labute approximate surface area is 216 Å². The van der Waals surface area contributed by atoms with Gasteiger partial charge >= 0.3 is 0 Å². The summed E-state index contributed by atoms with van der Waals surface area (Å²) in [5, 5.41) is 6.13. The number of aromatic nitrogens is 3. The largest absolute Gasteiger partial charge is 0.383 e. The number of hydrogen-bond acceptors (Lipinski definition) is 7. The van der Waals surface area contributed by atoms with E-state index < -0.39 is 0 Å². The molecule has 2 aromatic carbocycles. The predicted octanol–water partition coefficient (Wildman–Crippen LogP) is 4.03. The topological polar surface area (TPSA) is 87.0 Å². The Balaban J connectivity index is 1.28. The minimum absolute atomic E-state index is 0.247. The summed E-state index contributed by atoms with van der Waals surface area (Å²) in [6, 6.07) is 18.0. The van der Waals surface area contributed by atoms with E-state index in [4.69, 9.17) is 9.72 Å². The maximum atomic E-state index is 11.7. The number of amides is 1. The van der Waals surface area contributed by atoms with Crippen molar-refractivity contribution in [1.82, 2.24) is 19.3 Å². The van der Waals surface area contributed by atoms with Crippen molar-refractivity contribution >= 4 is 34.6 Å². The molecule has 1 fully saturated rings. The van der Waals surface area contributed by atoms with Crippen molar-refractivity contribution in [3.05, 3.63) is 79.8 Å². The molecule has 0 spiro atoms. The Morgan fingerprint density at radius 1 is 1.08 bits per heavy atom. The van der Waals surface area contributed by atoms with Crippen LogP contribution in [0.5, 0.6) is 0 Å². The van der Waals surface area contributed by atoms with Gasteiger partial charge in [0.2, 0.25) is 11.9 Å². The normalized spacial score (nSPS) is 14.0. The molecule has 5 rings (SSSR count). The third-order valence-corrected chi connectivity index (χ3v) is 6.50. The smallest absolute Gasteiger partial charge is 0.247 e. The summed E-state index contributed by atoms with van der Waals surface area (Å²) in [7, 11) is 1.75. The van der Waals surface area contributed by atoms with Crippen LogP contribution in [0.25, 0.3) is 16.8 Å². The van der Waals surface area contributed by atoms with E-state index in [1.165, 1.54) is 11.8 Å². The van der Waals surface area contributed by atoms with Crippen molar-refractivity contribution in [2.45, 2.75) is 0 Å². The highest BCUT2D eigenvalue weighted by atomic mass is 16.5. The number of methoxy groups -OCH3 is 1. The minimum Gasteiger partial charge on any atom is -0.383 e. The summed E-state index contributed by atoms with van der Waals surface area (Å²) in [4.78, 5) is 25.8. The van der Waals surface area contributed by atoms with Crippen LogP contribution in [0.4, 0.5) is 23.0 Å². The second-order valence-electron chi connectivity index (χ2n) is 8.91. The number of fused-ring (bicyclic) bond motifs is 1. The van der Waals surface area contributed by atoms with E-state index in [0.29, 0.717) is 11.6 Å². The molecule has 2 N–H and O–H groups in total. The highest BCUT2D eigenvalue weighted by molar-refractivity contribution is 5.99. The fourth-order valence-corrected chi connectivity index (χ4v) is 4.47. The molecule has 1 saturated heterocycles. The Morgan fingerprint density at radius 3 is 2.65 bits per heavy atom. The monoisotopic (exact) mass is 497 g/mol. The van der Waals surface area contributed by atoms with Gasteiger partial charge in [0.15, 0.2) is 0 Å². The highest BCUT2D eigenvalue weighted by Crippen LogP contribution is 2.28. The van der Waals surface area contributed by atoms with E-state index in [1.807, 2.05) is 40.9 Å². The lowest BCUT2D eigenvalue weighted by Crippen LogP contribution is -2.47. The number of ether oxygens (including phenoxy) is 1. The van der Waals surface area contributed by atoms with Gasteiger partial charge in [0, 0.05) is 68.7 Å². The number of carbonyl (C=O) groups excluding carboxylic acids is 1. The molecule has 37 heavy (non-hydrogen) atoms. The Kier molecular flexibility index (Phi) is 7.43. The zero-order valence-corrected chi connectivity index (χ0v) is 20.9. The van der Waals surface area contributed by atoms with Crippen LogP contribution in [0, 0.1) is 0 Å². The molecule has 9 nitrogen and oxygen atoms in total. The molecule has 0 radical (unpaired) electrons. The molecule has 1 aliphatic heterocycles. The van der Waals surface area contributed by atoms with E-state index in [9.17, 15) is 4.79 Å². The summed E-state index contributed by atoms with van der Waals surface area (Å²) in [5.41, 5.74) is 5.50. The maximum Gasteiger partial charge on any atom is 0.247 e. The van der Waals surface area contributed by atoms with Crippen molar-refractivity contribution in [3.63, 3.8) is 0 Å². The van der Waals surface area contributed by atoms with Crippen molar-refractivity contribution in [2.24, 2.45) is 0 Å². The third-order valence-electron chi connectivity index (χ3n) is 6.50. The molecule has 3 heterocycles. The van der Waals surface area contributed by atoms with Crippen LogP contribution in [0.2, 0.25) is 0 Å². The first kappa shape index (κ1) is 24.5. The minimum atomic E-state index is -0.247. The number of nitrogens with zero attached hydrogens (tertiary/aromatic N) is 5. The number of nitrogens with one attached hydrogen (secondary N) is 2. The summed E-state index contributed by atoms with van der Waals surface area (Å²) >= 11 is 0. The Morgan fingerprint density at radius 2 is 1.89 bits per heavy atom. The molecule has 2 aromatic heterocycles. The van der Waals surface area contributed by atoms with Gasteiger partial charge in [-0.05, 0) is 54.1 Å². The molecule has 1 amide bonds. The summed E-state index contributed by atoms with van der Waals surface area (Å²) in [6.45, 7) is 9.36. The van der Waals surface area contributed by atoms with Crippen LogP contribution in [-0.2, 0) is 9.53 Å². The number of piperazine rings is 1. The molecule has 0 atom stereocenters. The van der Waals surface area contributed by atoms with Gasteiger partial charge in [-0.3, -0.25) is 14.1 Å². The maximum absolute atomic E-state index is 11.7. The van der Waals surface area contributed by atoms with Crippen LogP contribution >= 0.6 is 0 Å². The SMILES string of the molecule is C=CC(=O)Nc1cccc(-c2ccn3cnc(Nc4ccc(N5CCN(CCOC)CC5)cc4)nc23)c1. The standard InChI is InChI=1S/C28H31N7O2/c1-3-26(36)30-23-6-4-5-21(19-23)25-11-12-35-20-29-28(32-27(25)35)31-22-7-9-24(10-8-22)34-15-13-33(14-16-34)17-18-37-2/h3-12,19-20H,1,13-18H2,2H3,(H,30,36)(H,31,32). The number of benzene rings is 2. The first-order valence-corrected chi connectivity index (χ1v) is 12.3. The van der Waals surface area contributed by atoms with E-state index in [0.717, 1.165) is 61.8 Å². The van der Waals surface area contributed by atoms with Crippen molar-refractivity contribution in [2.75, 3.05) is 62.0 Å². The fraction of sp³-hybridized carbons (Fsp3) is 0.250. The second kappa shape index (κ2) is 11.2. The van der Waals surface area contributed by atoms with E-state index in [2.05, 4.69) is 56.3 Å². The lowest BCUT2D eigenvalue weighted by Gasteiger charge is -2.36. The second-order valence-corrected chi connectivity index (χ2v) is 8.91. The van der Waals surface area contributed by atoms with E-state index in [1.54, 1.807) is 13.4 Å². The first-order valence-electron chi connectivity index (χ1n) is 12.3. The molecule has 190 valence electrons. The lowest BCUT2D eigenvalue weighted by molar-refractivity contribution is -0.111. The Hall–Kier alpha value is -4.21. The molecule has 1 aliphatic rings. The van der Waals surface area contributed by atoms with Gasteiger partial charge in [-0.15, -0.1) is 0 Å². The summed E-state index contributed by atoms with van der Waals surface area (Å²) in [5.74, 6) is 0.270. The third kappa shape index (κ3) is 5.79. The van der Waals surface area contributed by atoms with Gasteiger partial charge in [-0.2, -0.15) is 4.98 Å². The zero-order chi connectivity index (χ0) is 25.6. The van der Waals surface area contributed by atoms with Gasteiger partial charge in [-0.1, -0.05) is 18.7 Å². The van der Waals surface area contributed by atoms with Crippen molar-refractivity contribution in [1.29, 1.82) is 0 Å². The summed E-state index contributed by atoms with van der Waals surface area (Å²) < 4.78 is 7.08. The average Bonchev–Trinajstić information content (AvgIpc) is 3.36. The van der Waals surface area contributed by atoms with Gasteiger partial charge < -0.3 is 20.3 Å². The van der Waals surface area contributed by atoms with E-state index in [-0.39, 0.29) is 5.91 Å². The van der Waals surface area contributed by atoms with Gasteiger partial charge in [-0.25, -0.2) is 4.98 Å². The van der Waals surface area contributed by atoms with Crippen LogP contribution in [0.3, 0.4) is 0 Å². The number of anilines is 4. The quantitative estimate of drug-likeness (QED) is 0.338. The molecule has 9 heteroatoms. The van der Waals surface area contributed by atoms with Crippen molar-refractivity contribution < 1.29 is 9.53 Å². The fourth-order valence-electron chi connectivity index (χ4n) is 4.47. The van der Waals surface area contributed by atoms with Crippen molar-refractivity contribution in [3.8, 4) is 11.1 Å². The van der Waals surface area contributed by atoms with Gasteiger partial charge in [0.05, 0.1) is 6.61 Å². The van der Waals surface area contributed by atoms with Crippen LogP contribution in [-0.4, -0.2) is 71.6 Å². The zero-order valence-electron chi connectivity index (χ0n) is 20.9. The summed E-state index contributed by atoms with van der Waals surface area (Å²) in [6.07, 6.45) is 4.92. The van der Waals surface area contributed by atoms with E-state index >= 15 is 0 Å². The molecular formula is C28H31N7O2. The average molecular weight is 498 g/mol. The highest BCUT2D eigenvalue weighted by Gasteiger charge is 2.17. The van der Waals surface area contributed by atoms with Crippen LogP contribution in [0.15, 0.2) is 79.8 Å². The Bertz CT molecular complexity index is 1380. The van der Waals surface area contributed by atoms with Gasteiger partial charge in [0.1, 0.15) is 12.0 Å². The molecule has 0 saturated carbocycles. The first-order chi connectivity index (χ1) is 18.1. The van der Waals surface area contributed by atoms with Crippen LogP contribution in [0.1, 0.15) is 0 Å². The number of hydrogen-bond donors (Lipinski definition) is 2. The molecule has 4 aromatic rings. The molecule has 0 unspecified atom stereocenters. The lowest BCUT2D eigenvalue weighted by atomic mass is 10.1. The molecule has 0 aliphatic carbocycles. The number of carbonyl (C=O) groups is 1.